The molecule has 0 saturated heterocycles. The summed E-state index contributed by atoms with van der Waals surface area (Å²) >= 11 is 12.2. The molecule has 2 heterocycles. The number of benzene rings is 1. The minimum atomic E-state index is 0. The molecule has 0 aliphatic rings. The number of halogens is 2. The minimum absolute atomic E-state index is 0. The highest BCUT2D eigenvalue weighted by atomic mass is 35.5. The predicted molar refractivity (Wildman–Crippen MR) is 104 cm³/mol. The van der Waals surface area contributed by atoms with Gasteiger partial charge in [-0.1, -0.05) is 37.6 Å². The quantitative estimate of drug-likeness (QED) is 0.668. The van der Waals surface area contributed by atoms with Crippen LogP contribution >= 0.6 is 23.2 Å². The van der Waals surface area contributed by atoms with Gasteiger partial charge in [-0.05, 0) is 42.7 Å². The number of hydrogen-bond donors (Lipinski definition) is 1. The normalized spacial score (nSPS) is 10.4. The number of nitrogens with one attached hydrogen (secondary N) is 1. The third-order valence-corrected chi connectivity index (χ3v) is 4.28. The maximum Gasteiger partial charge on any atom is 0.148 e. The van der Waals surface area contributed by atoms with Gasteiger partial charge in [-0.25, -0.2) is 14.6 Å². The van der Waals surface area contributed by atoms with Crippen molar-refractivity contribution in [3.8, 4) is 5.69 Å². The summed E-state index contributed by atoms with van der Waals surface area (Å²) in [6.45, 7) is 2.73. The van der Waals surface area contributed by atoms with Gasteiger partial charge in [0.1, 0.15) is 17.2 Å². The van der Waals surface area contributed by atoms with Crippen molar-refractivity contribution in [2.75, 3.05) is 11.9 Å². The van der Waals surface area contributed by atoms with Gasteiger partial charge in [0.05, 0.1) is 17.6 Å². The van der Waals surface area contributed by atoms with E-state index >= 15 is 0 Å². The Balaban J connectivity index is 0.00000225. The van der Waals surface area contributed by atoms with E-state index in [0.29, 0.717) is 22.4 Å². The Morgan fingerprint density at radius 3 is 2.60 bits per heavy atom. The van der Waals surface area contributed by atoms with Crippen LogP contribution in [0.5, 0.6) is 0 Å². The first-order valence-corrected chi connectivity index (χ1v) is 8.45. The van der Waals surface area contributed by atoms with E-state index in [1.54, 1.807) is 0 Å². The second kappa shape index (κ2) is 8.83. The molecule has 0 aliphatic heterocycles. The highest BCUT2D eigenvalue weighted by molar-refractivity contribution is 6.33. The molecule has 0 aliphatic carbocycles. The number of rotatable bonds is 6. The van der Waals surface area contributed by atoms with E-state index in [4.69, 9.17) is 23.2 Å². The topological polar surface area (TPSA) is 55.6 Å². The molecule has 0 radical (unpaired) electrons. The number of hydrogen-bond acceptors (Lipinski definition) is 4. The molecule has 2 aromatic heterocycles. The van der Waals surface area contributed by atoms with Crippen molar-refractivity contribution in [3.05, 3.63) is 64.3 Å². The molecule has 3 aromatic rings. The summed E-state index contributed by atoms with van der Waals surface area (Å²) in [6, 6.07) is 7.57. The van der Waals surface area contributed by atoms with Crippen LogP contribution in [0, 0.1) is 0 Å². The molecule has 1 aromatic carbocycles. The Hall–Kier alpha value is -2.11. The first-order valence-electron chi connectivity index (χ1n) is 7.70. The van der Waals surface area contributed by atoms with E-state index < -0.39 is 0 Å². The van der Waals surface area contributed by atoms with E-state index in [2.05, 4.69) is 20.4 Å². The fourth-order valence-corrected chi connectivity index (χ4v) is 2.75. The standard InChI is InChI=1S/C17H17Cl2N5.CH4/c1-2-15-16(19)17(22-11-21-15)20-8-7-12-9-23-24(10-12)14-5-3-13(18)4-6-14;/h3-6,9-11H,2,7-8H2,1H3,(H,20,21,22);1H4. The molecule has 0 fully saturated rings. The lowest BCUT2D eigenvalue weighted by Crippen LogP contribution is -2.08. The number of nitrogens with zero attached hydrogens (tertiary/aromatic N) is 4. The molecule has 1 N–H and O–H groups in total. The predicted octanol–water partition coefficient (Wildman–Crippen LogP) is 4.82. The highest BCUT2D eigenvalue weighted by Gasteiger charge is 2.07. The summed E-state index contributed by atoms with van der Waals surface area (Å²) < 4.78 is 1.83. The van der Waals surface area contributed by atoms with Crippen LogP contribution in [0.25, 0.3) is 5.69 Å². The van der Waals surface area contributed by atoms with Crippen molar-refractivity contribution in [3.63, 3.8) is 0 Å². The lowest BCUT2D eigenvalue weighted by molar-refractivity contribution is 0.879. The van der Waals surface area contributed by atoms with Gasteiger partial charge in [-0.2, -0.15) is 5.10 Å². The van der Waals surface area contributed by atoms with Gasteiger partial charge in [-0.15, -0.1) is 0 Å². The maximum absolute atomic E-state index is 6.27. The summed E-state index contributed by atoms with van der Waals surface area (Å²) in [4.78, 5) is 8.35. The number of aryl methyl sites for hydroxylation is 1. The van der Waals surface area contributed by atoms with Crippen LogP contribution in [0.2, 0.25) is 10.0 Å². The monoisotopic (exact) mass is 377 g/mol. The first kappa shape index (κ1) is 19.2. The summed E-state index contributed by atoms with van der Waals surface area (Å²) in [7, 11) is 0. The van der Waals surface area contributed by atoms with Gasteiger partial charge in [0, 0.05) is 17.8 Å². The summed E-state index contributed by atoms with van der Waals surface area (Å²) in [5, 5.41) is 8.94. The fraction of sp³-hybridized carbons (Fsp3) is 0.278. The third-order valence-electron chi connectivity index (χ3n) is 3.63. The van der Waals surface area contributed by atoms with Gasteiger partial charge < -0.3 is 5.32 Å². The van der Waals surface area contributed by atoms with Crippen LogP contribution in [0.4, 0.5) is 5.82 Å². The van der Waals surface area contributed by atoms with Crippen LogP contribution < -0.4 is 5.32 Å². The van der Waals surface area contributed by atoms with Crippen molar-refractivity contribution >= 4 is 29.0 Å². The molecule has 3 rings (SSSR count). The smallest absolute Gasteiger partial charge is 0.148 e. The zero-order valence-corrected chi connectivity index (χ0v) is 14.7. The van der Waals surface area contributed by atoms with Gasteiger partial charge >= 0.3 is 0 Å². The molecular weight excluding hydrogens is 357 g/mol. The van der Waals surface area contributed by atoms with Crippen molar-refractivity contribution in [1.29, 1.82) is 0 Å². The first-order chi connectivity index (χ1) is 11.7. The van der Waals surface area contributed by atoms with Crippen molar-refractivity contribution in [2.45, 2.75) is 27.2 Å². The fourth-order valence-electron chi connectivity index (χ4n) is 2.33. The van der Waals surface area contributed by atoms with E-state index in [-0.39, 0.29) is 7.43 Å². The lowest BCUT2D eigenvalue weighted by Gasteiger charge is -2.08. The van der Waals surface area contributed by atoms with Crippen molar-refractivity contribution < 1.29 is 0 Å². The molecule has 25 heavy (non-hydrogen) atoms. The Labute approximate surface area is 158 Å². The van der Waals surface area contributed by atoms with Crippen LogP contribution in [-0.4, -0.2) is 26.3 Å². The number of aromatic nitrogens is 4. The molecule has 0 amide bonds. The molecule has 0 atom stereocenters. The second-order valence-electron chi connectivity index (χ2n) is 5.28. The molecule has 7 heteroatoms. The van der Waals surface area contributed by atoms with Gasteiger partial charge in [0.15, 0.2) is 0 Å². The zero-order valence-electron chi connectivity index (χ0n) is 13.2. The molecule has 0 bridgehead atoms. The van der Waals surface area contributed by atoms with Crippen molar-refractivity contribution in [1.82, 2.24) is 19.7 Å². The summed E-state index contributed by atoms with van der Waals surface area (Å²) in [5.74, 6) is 0.675. The molecular formula is C18H21Cl2N5. The zero-order chi connectivity index (χ0) is 16.9. The van der Waals surface area contributed by atoms with Crippen LogP contribution in [0.1, 0.15) is 25.6 Å². The second-order valence-corrected chi connectivity index (χ2v) is 6.10. The van der Waals surface area contributed by atoms with Crippen LogP contribution in [0.15, 0.2) is 43.0 Å². The summed E-state index contributed by atoms with van der Waals surface area (Å²) in [5.41, 5.74) is 2.95. The number of anilines is 1. The Morgan fingerprint density at radius 2 is 1.88 bits per heavy atom. The Bertz CT molecular complexity index is 815. The minimum Gasteiger partial charge on any atom is -0.368 e. The van der Waals surface area contributed by atoms with Gasteiger partial charge in [-0.3, -0.25) is 0 Å². The van der Waals surface area contributed by atoms with Crippen molar-refractivity contribution in [2.24, 2.45) is 0 Å². The maximum atomic E-state index is 6.27. The molecule has 0 unspecified atom stereocenters. The Kier molecular flexibility index (Phi) is 6.79. The van der Waals surface area contributed by atoms with Gasteiger partial charge in [0.2, 0.25) is 0 Å². The van der Waals surface area contributed by atoms with Gasteiger partial charge in [0.25, 0.3) is 0 Å². The van der Waals surface area contributed by atoms with E-state index in [1.807, 2.05) is 48.3 Å². The average molecular weight is 378 g/mol. The summed E-state index contributed by atoms with van der Waals surface area (Å²) in [6.07, 6.45) is 6.99. The van der Waals surface area contributed by atoms with E-state index in [1.165, 1.54) is 6.33 Å². The SMILES string of the molecule is C.CCc1ncnc(NCCc2cnn(-c3ccc(Cl)cc3)c2)c1Cl. The molecule has 132 valence electrons. The van der Waals surface area contributed by atoms with Crippen LogP contribution in [0.3, 0.4) is 0 Å². The molecule has 5 nitrogen and oxygen atoms in total. The average Bonchev–Trinajstić information content (AvgIpc) is 3.06. The molecule has 0 spiro atoms. The highest BCUT2D eigenvalue weighted by Crippen LogP contribution is 2.22. The third kappa shape index (κ3) is 4.71. The lowest BCUT2D eigenvalue weighted by atomic mass is 10.2. The molecule has 0 saturated carbocycles. The Morgan fingerprint density at radius 1 is 1.12 bits per heavy atom. The van der Waals surface area contributed by atoms with Crippen LogP contribution in [-0.2, 0) is 12.8 Å². The van der Waals surface area contributed by atoms with E-state index in [0.717, 1.165) is 29.8 Å². The van der Waals surface area contributed by atoms with E-state index in [9.17, 15) is 0 Å². The largest absolute Gasteiger partial charge is 0.368 e.